The summed E-state index contributed by atoms with van der Waals surface area (Å²) < 4.78 is 53.9. The van der Waals surface area contributed by atoms with Crippen LogP contribution in [0.15, 0.2) is 29.8 Å². The Labute approximate surface area is 132 Å². The maximum atomic E-state index is 14.4. The summed E-state index contributed by atoms with van der Waals surface area (Å²) in [6, 6.07) is 4.40. The Morgan fingerprint density at radius 2 is 1.96 bits per heavy atom. The summed E-state index contributed by atoms with van der Waals surface area (Å²) in [5, 5.41) is -0.102. The number of fused-ring (bicyclic) bond motifs is 1. The van der Waals surface area contributed by atoms with Crippen molar-refractivity contribution in [3.05, 3.63) is 52.9 Å². The average Bonchev–Trinajstić information content (AvgIpc) is 2.54. The molecule has 122 valence electrons. The molecule has 0 spiro atoms. The maximum absolute atomic E-state index is 14.4. The van der Waals surface area contributed by atoms with Crippen molar-refractivity contribution >= 4 is 10.8 Å². The third-order valence-electron chi connectivity index (χ3n) is 3.95. The minimum Gasteiger partial charge on any atom is -0.491 e. The van der Waals surface area contributed by atoms with E-state index in [1.165, 1.54) is 18.2 Å². The molecule has 1 unspecified atom stereocenters. The molecule has 2 aromatic rings. The van der Waals surface area contributed by atoms with Gasteiger partial charge in [-0.2, -0.15) is 0 Å². The Morgan fingerprint density at radius 3 is 2.61 bits per heavy atom. The molecule has 0 bridgehead atoms. The molecule has 0 N–H and O–H groups in total. The first kappa shape index (κ1) is 15.9. The van der Waals surface area contributed by atoms with E-state index in [2.05, 4.69) is 0 Å². The highest BCUT2D eigenvalue weighted by atomic mass is 19.2. The topological polar surface area (TPSA) is 18.5 Å². The van der Waals surface area contributed by atoms with Gasteiger partial charge in [-0.25, -0.2) is 13.2 Å². The molecule has 23 heavy (non-hydrogen) atoms. The zero-order valence-corrected chi connectivity index (χ0v) is 13.0. The molecule has 1 aliphatic heterocycles. The van der Waals surface area contributed by atoms with Crippen molar-refractivity contribution in [2.75, 3.05) is 13.2 Å². The van der Waals surface area contributed by atoms with Crippen LogP contribution in [0.5, 0.6) is 5.75 Å². The molecule has 1 heterocycles. The standard InChI is InChI=1S/C18H17F3O2/c1-3-22-14-7-5-11-8-12(13-6-4-10(2)9-23-13)16(19)18(21)15(11)17(14)20/h4-5,7-8,13H,3,6,9H2,1-2H3. The number of hydrogen-bond donors (Lipinski definition) is 0. The predicted molar refractivity (Wildman–Crippen MR) is 82.1 cm³/mol. The summed E-state index contributed by atoms with van der Waals surface area (Å²) in [6.45, 7) is 4.23. The molecule has 1 atom stereocenters. The van der Waals surface area contributed by atoms with Crippen molar-refractivity contribution in [2.24, 2.45) is 0 Å². The molecule has 1 aliphatic rings. The zero-order chi connectivity index (χ0) is 16.6. The minimum atomic E-state index is -1.20. The van der Waals surface area contributed by atoms with Crippen LogP contribution in [0.2, 0.25) is 0 Å². The van der Waals surface area contributed by atoms with Crippen LogP contribution in [-0.2, 0) is 4.74 Å². The normalized spacial score (nSPS) is 18.1. The van der Waals surface area contributed by atoms with E-state index in [0.717, 1.165) is 5.57 Å². The van der Waals surface area contributed by atoms with Crippen molar-refractivity contribution in [3.8, 4) is 5.75 Å². The molecular formula is C18H17F3O2. The Morgan fingerprint density at radius 1 is 1.17 bits per heavy atom. The first-order valence-electron chi connectivity index (χ1n) is 7.53. The van der Waals surface area contributed by atoms with E-state index in [1.807, 2.05) is 13.0 Å². The fourth-order valence-electron chi connectivity index (χ4n) is 2.77. The van der Waals surface area contributed by atoms with Gasteiger partial charge in [-0.05, 0) is 37.8 Å². The number of benzene rings is 2. The van der Waals surface area contributed by atoms with Gasteiger partial charge in [0.05, 0.1) is 24.7 Å². The van der Waals surface area contributed by atoms with Crippen LogP contribution in [0.1, 0.15) is 31.9 Å². The number of ether oxygens (including phenoxy) is 2. The summed E-state index contributed by atoms with van der Waals surface area (Å²) in [7, 11) is 0. The van der Waals surface area contributed by atoms with Crippen molar-refractivity contribution in [1.82, 2.24) is 0 Å². The Balaban J connectivity index is 2.13. The van der Waals surface area contributed by atoms with E-state index in [0.29, 0.717) is 13.0 Å². The van der Waals surface area contributed by atoms with Crippen molar-refractivity contribution in [2.45, 2.75) is 26.4 Å². The summed E-state index contributed by atoms with van der Waals surface area (Å²) >= 11 is 0. The Kier molecular flexibility index (Phi) is 4.31. The number of rotatable bonds is 3. The molecule has 0 fully saturated rings. The summed E-state index contributed by atoms with van der Waals surface area (Å²) in [4.78, 5) is 0. The fraction of sp³-hybridized carbons (Fsp3) is 0.333. The molecular weight excluding hydrogens is 305 g/mol. The van der Waals surface area contributed by atoms with E-state index < -0.39 is 23.6 Å². The van der Waals surface area contributed by atoms with Crippen LogP contribution >= 0.6 is 0 Å². The molecule has 0 saturated heterocycles. The summed E-state index contributed by atoms with van der Waals surface area (Å²) in [6.07, 6.45) is 1.84. The van der Waals surface area contributed by atoms with Gasteiger partial charge in [0.2, 0.25) is 0 Å². The lowest BCUT2D eigenvalue weighted by Gasteiger charge is -2.23. The van der Waals surface area contributed by atoms with E-state index in [4.69, 9.17) is 9.47 Å². The Hall–Kier alpha value is -2.01. The van der Waals surface area contributed by atoms with Crippen LogP contribution in [0.3, 0.4) is 0 Å². The van der Waals surface area contributed by atoms with Crippen LogP contribution in [0, 0.1) is 17.5 Å². The molecule has 0 aliphatic carbocycles. The fourth-order valence-corrected chi connectivity index (χ4v) is 2.77. The molecule has 0 radical (unpaired) electrons. The van der Waals surface area contributed by atoms with E-state index in [-0.39, 0.29) is 28.7 Å². The highest BCUT2D eigenvalue weighted by Gasteiger charge is 2.25. The molecule has 0 amide bonds. The van der Waals surface area contributed by atoms with E-state index >= 15 is 0 Å². The van der Waals surface area contributed by atoms with Crippen LogP contribution in [0.25, 0.3) is 10.8 Å². The van der Waals surface area contributed by atoms with Gasteiger partial charge in [-0.3, -0.25) is 0 Å². The number of halogens is 3. The summed E-state index contributed by atoms with van der Waals surface area (Å²) in [5.41, 5.74) is 1.16. The van der Waals surface area contributed by atoms with Gasteiger partial charge in [-0.15, -0.1) is 0 Å². The molecule has 0 aromatic heterocycles. The monoisotopic (exact) mass is 322 g/mol. The molecule has 0 saturated carbocycles. The predicted octanol–water partition coefficient (Wildman–Crippen LogP) is 5.06. The van der Waals surface area contributed by atoms with Gasteiger partial charge in [-0.1, -0.05) is 17.7 Å². The van der Waals surface area contributed by atoms with Gasteiger partial charge in [0.25, 0.3) is 0 Å². The Bertz CT molecular complexity index is 784. The van der Waals surface area contributed by atoms with Crippen molar-refractivity contribution in [1.29, 1.82) is 0 Å². The largest absolute Gasteiger partial charge is 0.491 e. The first-order valence-corrected chi connectivity index (χ1v) is 7.53. The van der Waals surface area contributed by atoms with E-state index in [9.17, 15) is 13.2 Å². The highest BCUT2D eigenvalue weighted by molar-refractivity contribution is 5.86. The van der Waals surface area contributed by atoms with Gasteiger partial charge >= 0.3 is 0 Å². The first-order chi connectivity index (χ1) is 11.0. The number of hydrogen-bond acceptors (Lipinski definition) is 2. The minimum absolute atomic E-state index is 0.0847. The smallest absolute Gasteiger partial charge is 0.175 e. The lowest BCUT2D eigenvalue weighted by atomic mass is 9.98. The zero-order valence-electron chi connectivity index (χ0n) is 13.0. The third-order valence-corrected chi connectivity index (χ3v) is 3.95. The van der Waals surface area contributed by atoms with Crippen LogP contribution in [0.4, 0.5) is 13.2 Å². The van der Waals surface area contributed by atoms with Gasteiger partial charge < -0.3 is 9.47 Å². The quantitative estimate of drug-likeness (QED) is 0.735. The lowest BCUT2D eigenvalue weighted by molar-refractivity contribution is 0.0587. The lowest BCUT2D eigenvalue weighted by Crippen LogP contribution is -2.13. The van der Waals surface area contributed by atoms with Crippen molar-refractivity contribution in [3.63, 3.8) is 0 Å². The third kappa shape index (κ3) is 2.81. The van der Waals surface area contributed by atoms with Gasteiger partial charge in [0.15, 0.2) is 23.2 Å². The molecule has 2 nitrogen and oxygen atoms in total. The molecule has 5 heteroatoms. The van der Waals surface area contributed by atoms with Crippen LogP contribution < -0.4 is 4.74 Å². The molecule has 2 aromatic carbocycles. The second-order valence-corrected chi connectivity index (χ2v) is 5.59. The average molecular weight is 322 g/mol. The summed E-state index contributed by atoms with van der Waals surface area (Å²) in [5.74, 6) is -3.24. The second kappa shape index (κ2) is 6.24. The second-order valence-electron chi connectivity index (χ2n) is 5.59. The highest BCUT2D eigenvalue weighted by Crippen LogP contribution is 2.36. The van der Waals surface area contributed by atoms with Crippen LogP contribution in [-0.4, -0.2) is 13.2 Å². The van der Waals surface area contributed by atoms with Crippen molar-refractivity contribution < 1.29 is 22.6 Å². The van der Waals surface area contributed by atoms with Gasteiger partial charge in [0.1, 0.15) is 0 Å². The SMILES string of the molecule is CCOc1ccc2cc(C3CC=C(C)CO3)c(F)c(F)c2c1F. The molecule has 3 rings (SSSR count). The maximum Gasteiger partial charge on any atom is 0.175 e. The van der Waals surface area contributed by atoms with E-state index in [1.54, 1.807) is 6.92 Å². The van der Waals surface area contributed by atoms with Gasteiger partial charge in [0, 0.05) is 5.56 Å².